The maximum Gasteiger partial charge on any atom is 0.417 e. The number of rotatable bonds is 8. The van der Waals surface area contributed by atoms with E-state index >= 15 is 0 Å². The van der Waals surface area contributed by atoms with Crippen molar-refractivity contribution >= 4 is 49.9 Å². The molecule has 0 bridgehead atoms. The van der Waals surface area contributed by atoms with Gasteiger partial charge in [-0.25, -0.2) is 9.78 Å². The number of thiophene rings is 1. The summed E-state index contributed by atoms with van der Waals surface area (Å²) in [6.07, 6.45) is -2.51. The molecule has 0 spiro atoms. The molecule has 0 amide bonds. The van der Waals surface area contributed by atoms with Crippen molar-refractivity contribution in [3.05, 3.63) is 53.0 Å². The van der Waals surface area contributed by atoms with Crippen molar-refractivity contribution in [3.8, 4) is 5.75 Å². The van der Waals surface area contributed by atoms with Crippen molar-refractivity contribution in [2.45, 2.75) is 31.2 Å². The van der Waals surface area contributed by atoms with E-state index in [2.05, 4.69) is 15.3 Å². The molecule has 13 heteroatoms. The SMILES string of the molecule is Nc1c(C(=O)O)sc2nc(N3CCC(NC[C@@H](O)COc4ccc5ncccc5c4)CC3)cc(C(F)(F)F)c12. The van der Waals surface area contributed by atoms with E-state index in [9.17, 15) is 28.2 Å². The number of aliphatic hydroxyl groups excluding tert-OH is 1. The summed E-state index contributed by atoms with van der Waals surface area (Å²) in [6, 6.07) is 10.3. The first-order valence-electron chi connectivity index (χ1n) is 12.3. The van der Waals surface area contributed by atoms with Crippen LogP contribution in [0.3, 0.4) is 0 Å². The number of halogens is 3. The predicted octanol–water partition coefficient (Wildman–Crippen LogP) is 4.14. The van der Waals surface area contributed by atoms with E-state index in [1.807, 2.05) is 24.3 Å². The highest BCUT2D eigenvalue weighted by Gasteiger charge is 2.37. The lowest BCUT2D eigenvalue weighted by Crippen LogP contribution is -2.45. The molecule has 9 nitrogen and oxygen atoms in total. The highest BCUT2D eigenvalue weighted by atomic mass is 32.1. The number of aliphatic hydroxyl groups is 1. The molecule has 1 aromatic carbocycles. The first-order valence-corrected chi connectivity index (χ1v) is 13.1. The molecule has 5 N–H and O–H groups in total. The third-order valence-electron chi connectivity index (χ3n) is 6.66. The van der Waals surface area contributed by atoms with Crippen molar-refractivity contribution < 1.29 is 32.9 Å². The molecule has 1 aliphatic heterocycles. The summed E-state index contributed by atoms with van der Waals surface area (Å²) in [4.78, 5) is 21.3. The molecule has 0 unspecified atom stereocenters. The largest absolute Gasteiger partial charge is 0.491 e. The number of hydrogen-bond donors (Lipinski definition) is 4. The monoisotopic (exact) mass is 561 g/mol. The third-order valence-corrected chi connectivity index (χ3v) is 7.75. The van der Waals surface area contributed by atoms with Crippen LogP contribution in [0.25, 0.3) is 21.1 Å². The number of nitrogen functional groups attached to an aromatic ring is 1. The first kappa shape index (κ1) is 26.9. The molecule has 1 atom stereocenters. The average Bonchev–Trinajstić information content (AvgIpc) is 3.26. The van der Waals surface area contributed by atoms with Crippen molar-refractivity contribution in [3.63, 3.8) is 0 Å². The molecule has 4 heterocycles. The highest BCUT2D eigenvalue weighted by Crippen LogP contribution is 2.43. The molecule has 4 aromatic rings. The standard InChI is InChI=1S/C26H26F3N5O4S/c27-26(28,29)18-11-20(33-24-21(18)22(30)23(39-24)25(36)37)34-8-5-15(6-9-34)32-12-16(35)13-38-17-3-4-19-14(10-17)2-1-7-31-19/h1-4,7,10-11,15-16,32,35H,5-6,8-9,12-13,30H2,(H,36,37)/t16-/m1/s1. The fourth-order valence-corrected chi connectivity index (χ4v) is 5.62. The number of aromatic nitrogens is 2. The number of nitrogens with two attached hydrogens (primary N) is 1. The van der Waals surface area contributed by atoms with Gasteiger partial charge in [0.2, 0.25) is 0 Å². The zero-order valence-corrected chi connectivity index (χ0v) is 21.4. The normalized spacial score (nSPS) is 15.6. The molecule has 0 aliphatic carbocycles. The van der Waals surface area contributed by atoms with Crippen LogP contribution in [0.5, 0.6) is 5.75 Å². The van der Waals surface area contributed by atoms with Gasteiger partial charge in [0, 0.05) is 42.6 Å². The van der Waals surface area contributed by atoms with Gasteiger partial charge in [0.1, 0.15) is 34.0 Å². The van der Waals surface area contributed by atoms with Crippen LogP contribution in [0.2, 0.25) is 0 Å². The van der Waals surface area contributed by atoms with E-state index in [0.29, 0.717) is 49.6 Å². The second-order valence-corrected chi connectivity index (χ2v) is 10.3. The molecule has 206 valence electrons. The van der Waals surface area contributed by atoms with Gasteiger partial charge in [0.15, 0.2) is 0 Å². The number of fused-ring (bicyclic) bond motifs is 2. The van der Waals surface area contributed by atoms with Crippen molar-refractivity contribution in [2.24, 2.45) is 0 Å². The van der Waals surface area contributed by atoms with Crippen molar-refractivity contribution in [1.29, 1.82) is 0 Å². The van der Waals surface area contributed by atoms with Crippen LogP contribution in [0, 0.1) is 0 Å². The molecule has 0 radical (unpaired) electrons. The first-order chi connectivity index (χ1) is 18.6. The van der Waals surface area contributed by atoms with Crippen LogP contribution in [-0.4, -0.2) is 64.5 Å². The van der Waals surface area contributed by atoms with Gasteiger partial charge in [-0.3, -0.25) is 4.98 Å². The van der Waals surface area contributed by atoms with Crippen LogP contribution in [0.1, 0.15) is 28.1 Å². The van der Waals surface area contributed by atoms with Gasteiger partial charge in [0.25, 0.3) is 0 Å². The molecule has 1 saturated heterocycles. The molecule has 3 aromatic heterocycles. The van der Waals surface area contributed by atoms with Crippen molar-refractivity contribution in [1.82, 2.24) is 15.3 Å². The molecular weight excluding hydrogens is 535 g/mol. The van der Waals surface area contributed by atoms with E-state index in [-0.39, 0.29) is 33.6 Å². The van der Waals surface area contributed by atoms with E-state index in [1.54, 1.807) is 17.2 Å². The Bertz CT molecular complexity index is 1500. The van der Waals surface area contributed by atoms with Crippen LogP contribution >= 0.6 is 11.3 Å². The number of benzene rings is 1. The topological polar surface area (TPSA) is 134 Å². The molecule has 1 fully saturated rings. The number of anilines is 2. The maximum absolute atomic E-state index is 13.8. The number of ether oxygens (including phenoxy) is 1. The Kier molecular flexibility index (Phi) is 7.47. The Morgan fingerprint density at radius 1 is 1.26 bits per heavy atom. The Balaban J connectivity index is 1.17. The molecule has 1 aliphatic rings. The molecule has 39 heavy (non-hydrogen) atoms. The zero-order valence-electron chi connectivity index (χ0n) is 20.6. The van der Waals surface area contributed by atoms with Gasteiger partial charge in [-0.1, -0.05) is 6.07 Å². The summed E-state index contributed by atoms with van der Waals surface area (Å²) in [7, 11) is 0. The van der Waals surface area contributed by atoms with E-state index < -0.39 is 29.5 Å². The van der Waals surface area contributed by atoms with Gasteiger partial charge >= 0.3 is 12.1 Å². The molecule has 0 saturated carbocycles. The van der Waals surface area contributed by atoms with Crippen molar-refractivity contribution in [2.75, 3.05) is 36.9 Å². The quantitative estimate of drug-likeness (QED) is 0.250. The van der Waals surface area contributed by atoms with Crippen LogP contribution in [0.15, 0.2) is 42.6 Å². The maximum atomic E-state index is 13.8. The number of nitrogens with one attached hydrogen (secondary N) is 1. The highest BCUT2D eigenvalue weighted by molar-refractivity contribution is 7.21. The van der Waals surface area contributed by atoms with E-state index in [4.69, 9.17) is 10.5 Å². The molecular formula is C26H26F3N5O4S. The smallest absolute Gasteiger partial charge is 0.417 e. The summed E-state index contributed by atoms with van der Waals surface area (Å²) in [6.45, 7) is 1.29. The Labute approximate surface area is 225 Å². The second-order valence-electron chi connectivity index (χ2n) is 9.35. The number of carbonyl (C=O) groups is 1. The third kappa shape index (κ3) is 5.84. The summed E-state index contributed by atoms with van der Waals surface area (Å²) < 4.78 is 47.2. The Hall–Kier alpha value is -3.68. The number of pyridine rings is 2. The van der Waals surface area contributed by atoms with E-state index in [1.165, 1.54) is 0 Å². The van der Waals surface area contributed by atoms with Gasteiger partial charge in [-0.15, -0.1) is 11.3 Å². The molecule has 5 rings (SSSR count). The minimum Gasteiger partial charge on any atom is -0.491 e. The van der Waals surface area contributed by atoms with Gasteiger partial charge < -0.3 is 30.9 Å². The minimum atomic E-state index is -4.72. The lowest BCUT2D eigenvalue weighted by atomic mass is 10.0. The number of hydrogen-bond acceptors (Lipinski definition) is 9. The number of carboxylic acid groups (broad SMARTS) is 1. The average molecular weight is 562 g/mol. The van der Waals surface area contributed by atoms with Crippen LogP contribution in [-0.2, 0) is 6.18 Å². The Morgan fingerprint density at radius 2 is 2.03 bits per heavy atom. The number of aromatic carboxylic acids is 1. The Morgan fingerprint density at radius 3 is 2.74 bits per heavy atom. The summed E-state index contributed by atoms with van der Waals surface area (Å²) in [5.41, 5.74) is 5.20. The fourth-order valence-electron chi connectivity index (χ4n) is 4.66. The van der Waals surface area contributed by atoms with Gasteiger partial charge in [0.05, 0.1) is 16.8 Å². The number of nitrogens with zero attached hydrogens (tertiary/aromatic N) is 3. The minimum absolute atomic E-state index is 0.0548. The lowest BCUT2D eigenvalue weighted by Gasteiger charge is -2.34. The van der Waals surface area contributed by atoms with Crippen LogP contribution < -0.4 is 20.7 Å². The van der Waals surface area contributed by atoms with Gasteiger partial charge in [-0.05, 0) is 43.2 Å². The zero-order chi connectivity index (χ0) is 27.7. The summed E-state index contributed by atoms with van der Waals surface area (Å²) >= 11 is 0.638. The number of piperidine rings is 1. The van der Waals surface area contributed by atoms with Crippen LogP contribution in [0.4, 0.5) is 24.7 Å². The fraction of sp³-hybridized carbons (Fsp3) is 0.346. The summed E-state index contributed by atoms with van der Waals surface area (Å²) in [5.74, 6) is -0.627. The van der Waals surface area contributed by atoms with E-state index in [0.717, 1.165) is 17.0 Å². The number of carboxylic acids is 1. The number of alkyl halides is 3. The predicted molar refractivity (Wildman–Crippen MR) is 142 cm³/mol. The second kappa shape index (κ2) is 10.8. The lowest BCUT2D eigenvalue weighted by molar-refractivity contribution is -0.136. The van der Waals surface area contributed by atoms with Gasteiger partial charge in [-0.2, -0.15) is 13.2 Å². The summed E-state index contributed by atoms with van der Waals surface area (Å²) in [5, 5.41) is 23.5.